The van der Waals surface area contributed by atoms with Gasteiger partial charge in [-0.2, -0.15) is 4.98 Å². The SMILES string of the molecule is O=C(CCCc1ncc(-c2ccccc2)o1)Nc1n[nH]c(-c2ccccn2)n1. The van der Waals surface area contributed by atoms with E-state index in [0.29, 0.717) is 36.7 Å². The van der Waals surface area contributed by atoms with Crippen LogP contribution in [0.1, 0.15) is 18.7 Å². The molecule has 4 rings (SSSR count). The molecular formula is C20H18N6O2. The van der Waals surface area contributed by atoms with Crippen molar-refractivity contribution in [2.45, 2.75) is 19.3 Å². The Morgan fingerprint density at radius 2 is 1.93 bits per heavy atom. The summed E-state index contributed by atoms with van der Waals surface area (Å²) < 4.78 is 5.74. The van der Waals surface area contributed by atoms with Crippen LogP contribution >= 0.6 is 0 Å². The normalized spacial score (nSPS) is 10.7. The van der Waals surface area contributed by atoms with Crippen molar-refractivity contribution in [3.63, 3.8) is 0 Å². The number of H-pyrrole nitrogens is 1. The van der Waals surface area contributed by atoms with E-state index in [1.807, 2.05) is 48.5 Å². The number of nitrogens with one attached hydrogen (secondary N) is 2. The molecule has 0 spiro atoms. The zero-order valence-corrected chi connectivity index (χ0v) is 15.0. The second kappa shape index (κ2) is 8.26. The van der Waals surface area contributed by atoms with Crippen LogP contribution in [0.5, 0.6) is 0 Å². The second-order valence-electron chi connectivity index (χ2n) is 6.11. The van der Waals surface area contributed by atoms with Gasteiger partial charge in [0.1, 0.15) is 5.69 Å². The first-order valence-corrected chi connectivity index (χ1v) is 8.92. The van der Waals surface area contributed by atoms with E-state index in [4.69, 9.17) is 4.42 Å². The monoisotopic (exact) mass is 374 g/mol. The molecule has 0 fully saturated rings. The van der Waals surface area contributed by atoms with E-state index < -0.39 is 0 Å². The number of nitrogens with zero attached hydrogens (tertiary/aromatic N) is 4. The summed E-state index contributed by atoms with van der Waals surface area (Å²) in [7, 11) is 0. The van der Waals surface area contributed by atoms with Gasteiger partial charge < -0.3 is 4.42 Å². The van der Waals surface area contributed by atoms with Gasteiger partial charge in [-0.25, -0.2) is 4.98 Å². The van der Waals surface area contributed by atoms with Crippen molar-refractivity contribution in [2.24, 2.45) is 0 Å². The van der Waals surface area contributed by atoms with E-state index in [1.54, 1.807) is 12.4 Å². The third-order valence-electron chi connectivity index (χ3n) is 4.05. The fraction of sp³-hybridized carbons (Fsp3) is 0.150. The third kappa shape index (κ3) is 4.29. The quantitative estimate of drug-likeness (QED) is 0.512. The molecule has 0 bridgehead atoms. The molecule has 0 saturated carbocycles. The van der Waals surface area contributed by atoms with Crippen molar-refractivity contribution in [1.82, 2.24) is 25.1 Å². The highest BCUT2D eigenvalue weighted by molar-refractivity contribution is 5.89. The first-order chi connectivity index (χ1) is 13.8. The maximum absolute atomic E-state index is 12.1. The minimum Gasteiger partial charge on any atom is -0.441 e. The fourth-order valence-corrected chi connectivity index (χ4v) is 2.68. The molecule has 3 aromatic heterocycles. The molecule has 8 nitrogen and oxygen atoms in total. The molecule has 0 aliphatic rings. The number of anilines is 1. The molecule has 0 aliphatic carbocycles. The molecular weight excluding hydrogens is 356 g/mol. The number of pyridine rings is 1. The van der Waals surface area contributed by atoms with E-state index >= 15 is 0 Å². The number of hydrogen-bond donors (Lipinski definition) is 2. The zero-order valence-electron chi connectivity index (χ0n) is 15.0. The number of aromatic nitrogens is 5. The minimum atomic E-state index is -0.165. The lowest BCUT2D eigenvalue weighted by atomic mass is 10.2. The van der Waals surface area contributed by atoms with Gasteiger partial charge >= 0.3 is 0 Å². The predicted octanol–water partition coefficient (Wildman–Crippen LogP) is 3.48. The summed E-state index contributed by atoms with van der Waals surface area (Å²) in [6.45, 7) is 0. The number of carbonyl (C=O) groups excluding carboxylic acids is 1. The molecule has 0 unspecified atom stereocenters. The molecule has 3 heterocycles. The third-order valence-corrected chi connectivity index (χ3v) is 4.05. The molecule has 1 aromatic carbocycles. The lowest BCUT2D eigenvalue weighted by molar-refractivity contribution is -0.116. The molecule has 1 amide bonds. The van der Waals surface area contributed by atoms with E-state index in [0.717, 1.165) is 11.3 Å². The Hall–Kier alpha value is -3.81. The number of hydrogen-bond acceptors (Lipinski definition) is 6. The van der Waals surface area contributed by atoms with Gasteiger partial charge in [0.25, 0.3) is 0 Å². The first kappa shape index (κ1) is 17.6. The van der Waals surface area contributed by atoms with Crippen molar-refractivity contribution in [3.8, 4) is 22.8 Å². The van der Waals surface area contributed by atoms with E-state index in [9.17, 15) is 4.79 Å². The van der Waals surface area contributed by atoms with Crippen LogP contribution in [0.25, 0.3) is 22.8 Å². The van der Waals surface area contributed by atoms with Gasteiger partial charge in [-0.1, -0.05) is 36.4 Å². The summed E-state index contributed by atoms with van der Waals surface area (Å²) in [5, 5.41) is 9.44. The molecule has 0 saturated heterocycles. The molecule has 28 heavy (non-hydrogen) atoms. The Bertz CT molecular complexity index is 1040. The van der Waals surface area contributed by atoms with Crippen LogP contribution in [0, 0.1) is 0 Å². The zero-order chi connectivity index (χ0) is 19.2. The van der Waals surface area contributed by atoms with Gasteiger partial charge in [0.2, 0.25) is 11.9 Å². The van der Waals surface area contributed by atoms with Crippen LogP contribution < -0.4 is 5.32 Å². The number of carbonyl (C=O) groups is 1. The molecule has 4 aromatic rings. The van der Waals surface area contributed by atoms with Crippen molar-refractivity contribution in [2.75, 3.05) is 5.32 Å². The average Bonchev–Trinajstić information content (AvgIpc) is 3.39. The van der Waals surface area contributed by atoms with Gasteiger partial charge in [0.15, 0.2) is 17.5 Å². The van der Waals surface area contributed by atoms with E-state index in [1.165, 1.54) is 0 Å². The minimum absolute atomic E-state index is 0.165. The number of aryl methyl sites for hydroxylation is 1. The lowest BCUT2D eigenvalue weighted by Gasteiger charge is -2.00. The van der Waals surface area contributed by atoms with Crippen LogP contribution in [-0.4, -0.2) is 31.1 Å². The van der Waals surface area contributed by atoms with Crippen LogP contribution in [0.4, 0.5) is 5.95 Å². The number of oxazole rings is 1. The van der Waals surface area contributed by atoms with Gasteiger partial charge in [-0.15, -0.1) is 5.10 Å². The Morgan fingerprint density at radius 1 is 1.07 bits per heavy atom. The van der Waals surface area contributed by atoms with Crippen molar-refractivity contribution >= 4 is 11.9 Å². The summed E-state index contributed by atoms with van der Waals surface area (Å²) >= 11 is 0. The molecule has 0 radical (unpaired) electrons. The Morgan fingerprint density at radius 3 is 2.75 bits per heavy atom. The smallest absolute Gasteiger partial charge is 0.249 e. The fourth-order valence-electron chi connectivity index (χ4n) is 2.68. The summed E-state index contributed by atoms with van der Waals surface area (Å²) in [4.78, 5) is 24.8. The summed E-state index contributed by atoms with van der Waals surface area (Å²) in [6.07, 6.45) is 4.88. The van der Waals surface area contributed by atoms with E-state index in [-0.39, 0.29) is 11.9 Å². The van der Waals surface area contributed by atoms with Crippen molar-refractivity contribution < 1.29 is 9.21 Å². The van der Waals surface area contributed by atoms with Crippen LogP contribution in [0.3, 0.4) is 0 Å². The van der Waals surface area contributed by atoms with E-state index in [2.05, 4.69) is 30.5 Å². The van der Waals surface area contributed by atoms with Crippen molar-refractivity contribution in [1.29, 1.82) is 0 Å². The largest absolute Gasteiger partial charge is 0.441 e. The summed E-state index contributed by atoms with van der Waals surface area (Å²) in [5.74, 6) is 1.91. The Kier molecular flexibility index (Phi) is 5.19. The van der Waals surface area contributed by atoms with Gasteiger partial charge in [-0.3, -0.25) is 20.2 Å². The number of benzene rings is 1. The first-order valence-electron chi connectivity index (χ1n) is 8.92. The number of rotatable bonds is 7. The van der Waals surface area contributed by atoms with Gasteiger partial charge in [-0.05, 0) is 18.6 Å². The van der Waals surface area contributed by atoms with Crippen LogP contribution in [0.15, 0.2) is 65.3 Å². The molecule has 2 N–H and O–H groups in total. The second-order valence-corrected chi connectivity index (χ2v) is 6.11. The summed E-state index contributed by atoms with van der Waals surface area (Å²) in [6, 6.07) is 15.3. The number of amides is 1. The molecule has 0 aliphatic heterocycles. The topological polar surface area (TPSA) is 110 Å². The summed E-state index contributed by atoms with van der Waals surface area (Å²) in [5.41, 5.74) is 1.64. The highest BCUT2D eigenvalue weighted by Gasteiger charge is 2.11. The number of aromatic amines is 1. The van der Waals surface area contributed by atoms with Crippen LogP contribution in [-0.2, 0) is 11.2 Å². The highest BCUT2D eigenvalue weighted by atomic mass is 16.4. The highest BCUT2D eigenvalue weighted by Crippen LogP contribution is 2.20. The Balaban J connectivity index is 1.26. The van der Waals surface area contributed by atoms with Crippen LogP contribution in [0.2, 0.25) is 0 Å². The molecule has 0 atom stereocenters. The predicted molar refractivity (Wildman–Crippen MR) is 103 cm³/mol. The van der Waals surface area contributed by atoms with Gasteiger partial charge in [0, 0.05) is 24.6 Å². The van der Waals surface area contributed by atoms with Crippen molar-refractivity contribution in [3.05, 3.63) is 66.8 Å². The maximum Gasteiger partial charge on any atom is 0.249 e. The lowest BCUT2D eigenvalue weighted by Crippen LogP contribution is -2.12. The molecule has 140 valence electrons. The Labute approximate surface area is 161 Å². The average molecular weight is 374 g/mol. The standard InChI is InChI=1S/C20H18N6O2/c27-17(23-20-24-19(25-26-20)15-9-4-5-12-21-15)10-6-11-18-22-13-16(28-18)14-7-2-1-3-8-14/h1-5,7-9,12-13H,6,10-11H2,(H2,23,24,25,26,27). The molecule has 8 heteroatoms. The van der Waals surface area contributed by atoms with Gasteiger partial charge in [0.05, 0.1) is 6.20 Å². The maximum atomic E-state index is 12.1.